The number of hydrogen-bond donors (Lipinski definition) is 4. The Morgan fingerprint density at radius 2 is 1.02 bits per heavy atom. The Labute approximate surface area is 362 Å². The summed E-state index contributed by atoms with van der Waals surface area (Å²) in [5, 5.41) is 23.4. The maximum absolute atomic E-state index is 13.3. The normalized spacial score (nSPS) is 12.4. The van der Waals surface area contributed by atoms with Crippen LogP contribution in [0.5, 0.6) is 0 Å². The Hall–Kier alpha value is -5.15. The number of fused-ring (bicyclic) bond motifs is 2. The molecule has 0 aliphatic heterocycles. The molecule has 0 aliphatic carbocycles. The molecule has 4 heterocycles. The van der Waals surface area contributed by atoms with Crippen molar-refractivity contribution in [1.29, 1.82) is 0 Å². The van der Waals surface area contributed by atoms with Gasteiger partial charge < -0.3 is 20.7 Å². The van der Waals surface area contributed by atoms with E-state index in [-0.39, 0.29) is 11.1 Å². The van der Waals surface area contributed by atoms with Crippen LogP contribution in [-0.4, -0.2) is 37.1 Å². The van der Waals surface area contributed by atoms with Gasteiger partial charge in [-0.05, 0) is 82.9 Å². The van der Waals surface area contributed by atoms with Gasteiger partial charge in [-0.25, -0.2) is 19.9 Å². The molecule has 4 N–H and O–H groups in total. The minimum atomic E-state index is -4.41. The van der Waals surface area contributed by atoms with Crippen molar-refractivity contribution in [3.8, 4) is 10.4 Å². The average Bonchev–Trinajstić information content (AvgIpc) is 3.86. The van der Waals surface area contributed by atoms with E-state index >= 15 is 0 Å². The van der Waals surface area contributed by atoms with Crippen molar-refractivity contribution in [3.63, 3.8) is 0 Å². The van der Waals surface area contributed by atoms with Crippen LogP contribution in [0, 0.1) is 2.88 Å². The van der Waals surface area contributed by atoms with E-state index < -0.39 is 42.7 Å². The van der Waals surface area contributed by atoms with Gasteiger partial charge in [0.2, 0.25) is 0 Å². The molecule has 2 atom stereocenters. The molecule has 2 unspecified atom stereocenters. The maximum Gasteiger partial charge on any atom is 0.488 e. The van der Waals surface area contributed by atoms with Crippen LogP contribution in [0.3, 0.4) is 0 Å². The zero-order valence-electron chi connectivity index (χ0n) is 31.6. The van der Waals surface area contributed by atoms with E-state index in [9.17, 15) is 26.3 Å². The van der Waals surface area contributed by atoms with E-state index in [1.165, 1.54) is 59.6 Å². The fourth-order valence-corrected chi connectivity index (χ4v) is 8.90. The minimum absolute atomic E-state index is 0.182. The Balaban J connectivity index is 0.000000169. The van der Waals surface area contributed by atoms with E-state index in [0.717, 1.165) is 45.9 Å². The Bertz CT molecular complexity index is 2650. The van der Waals surface area contributed by atoms with Gasteiger partial charge in [0.25, 0.3) is 0 Å². The summed E-state index contributed by atoms with van der Waals surface area (Å²) in [5.74, 6) is 1.08. The molecule has 0 saturated heterocycles. The Kier molecular flexibility index (Phi) is 14.4. The van der Waals surface area contributed by atoms with Crippen molar-refractivity contribution < 1.29 is 36.4 Å². The van der Waals surface area contributed by atoms with Crippen LogP contribution in [0.15, 0.2) is 134 Å². The molecular formula is C42H34BF6IN6O2S2. The summed E-state index contributed by atoms with van der Waals surface area (Å²) in [6.07, 6.45) is -5.95. The van der Waals surface area contributed by atoms with Crippen molar-refractivity contribution in [2.75, 3.05) is 10.6 Å². The highest BCUT2D eigenvalue weighted by Crippen LogP contribution is 2.40. The third kappa shape index (κ3) is 11.2. The van der Waals surface area contributed by atoms with Crippen molar-refractivity contribution in [1.82, 2.24) is 19.9 Å². The molecule has 0 aliphatic rings. The number of alkyl halides is 6. The summed E-state index contributed by atoms with van der Waals surface area (Å²) >= 11 is 5.20. The number of benzene rings is 4. The van der Waals surface area contributed by atoms with Crippen LogP contribution in [0.4, 0.5) is 38.0 Å². The van der Waals surface area contributed by atoms with Crippen LogP contribution >= 0.6 is 45.3 Å². The predicted octanol–water partition coefficient (Wildman–Crippen LogP) is 11.4. The van der Waals surface area contributed by atoms with Crippen LogP contribution in [0.2, 0.25) is 0 Å². The second-order valence-electron chi connectivity index (χ2n) is 13.1. The summed E-state index contributed by atoms with van der Waals surface area (Å²) in [7, 11) is -1.34. The number of halogens is 7. The van der Waals surface area contributed by atoms with E-state index in [4.69, 9.17) is 10.0 Å². The molecule has 0 saturated carbocycles. The zero-order valence-corrected chi connectivity index (χ0v) is 35.4. The van der Waals surface area contributed by atoms with E-state index in [0.29, 0.717) is 17.1 Å². The number of nitrogens with one attached hydrogen (secondary N) is 2. The van der Waals surface area contributed by atoms with Gasteiger partial charge in [0.05, 0.1) is 46.5 Å². The minimum Gasteiger partial charge on any atom is -0.423 e. The standard InChI is InChI=1S/C21H16F3N3S.C15H11F3IN3S.C6H7BO2/c1-13(15-9-5-6-10-16(15)21(22,23)24)27-20-19-17(25-12-26-20)11-18(28-19)14-7-3-2-4-8-14;1-8(9-4-2-3-5-10(9)15(16,17)18)22-14-13-11(20-7-21-14)6-12(19)23-13;8-7(9)6-4-2-1-3-5-6/h2-13H,1H3,(H,25,26,27);2-8H,1H3,(H,20,21,22);1-5,8-9H. The number of hydrogen-bond acceptors (Lipinski definition) is 10. The molecule has 0 spiro atoms. The van der Waals surface area contributed by atoms with Crippen LogP contribution < -0.4 is 16.1 Å². The topological polar surface area (TPSA) is 116 Å². The van der Waals surface area contributed by atoms with E-state index in [2.05, 4.69) is 53.2 Å². The smallest absolute Gasteiger partial charge is 0.423 e. The van der Waals surface area contributed by atoms with Crippen molar-refractivity contribution in [3.05, 3.63) is 159 Å². The molecule has 0 amide bonds. The van der Waals surface area contributed by atoms with Crippen LogP contribution in [0.1, 0.15) is 48.2 Å². The van der Waals surface area contributed by atoms with Gasteiger partial charge >= 0.3 is 19.5 Å². The highest BCUT2D eigenvalue weighted by atomic mass is 127. The monoisotopic (exact) mass is 970 g/mol. The van der Waals surface area contributed by atoms with Crippen LogP contribution in [0.25, 0.3) is 30.9 Å². The van der Waals surface area contributed by atoms with Gasteiger partial charge in [0, 0.05) is 4.88 Å². The molecule has 8 rings (SSSR count). The molecule has 18 heteroatoms. The summed E-state index contributed by atoms with van der Waals surface area (Å²) in [6.45, 7) is 3.39. The first kappa shape index (κ1) is 44.4. The number of aromatic nitrogens is 4. The highest BCUT2D eigenvalue weighted by Gasteiger charge is 2.35. The molecule has 60 heavy (non-hydrogen) atoms. The molecule has 0 fully saturated rings. The van der Waals surface area contributed by atoms with Gasteiger partial charge in [-0.1, -0.05) is 97.1 Å². The molecule has 308 valence electrons. The average molecular weight is 971 g/mol. The van der Waals surface area contributed by atoms with Gasteiger partial charge in [0.15, 0.2) is 0 Å². The summed E-state index contributed by atoms with van der Waals surface area (Å²) < 4.78 is 82.2. The number of nitrogens with zero attached hydrogens (tertiary/aromatic N) is 4. The molecule has 8 aromatic rings. The van der Waals surface area contributed by atoms with Gasteiger partial charge in [-0.15, -0.1) is 22.7 Å². The molecule has 0 bridgehead atoms. The summed E-state index contributed by atoms with van der Waals surface area (Å²) in [6, 6.07) is 32.5. The first-order valence-electron chi connectivity index (χ1n) is 18.1. The first-order chi connectivity index (χ1) is 28.6. The fourth-order valence-electron chi connectivity index (χ4n) is 6.09. The second-order valence-corrected chi connectivity index (χ2v) is 17.1. The zero-order chi connectivity index (χ0) is 43.0. The van der Waals surface area contributed by atoms with Gasteiger partial charge in [-0.2, -0.15) is 26.3 Å². The SMILES string of the molecule is CC(Nc1ncnc2cc(-c3ccccc3)sc12)c1ccccc1C(F)(F)F.CC(Nc1ncnc2cc(I)sc12)c1ccccc1C(F)(F)F.OB(O)c1ccccc1. The van der Waals surface area contributed by atoms with Crippen molar-refractivity contribution >= 4 is 89.9 Å². The van der Waals surface area contributed by atoms with E-state index in [1.54, 1.807) is 50.2 Å². The Morgan fingerprint density at radius 1 is 0.583 bits per heavy atom. The molecule has 0 radical (unpaired) electrons. The fraction of sp³-hybridized carbons (Fsp3) is 0.143. The summed E-state index contributed by atoms with van der Waals surface area (Å²) in [5.41, 5.74) is 2.23. The molecule has 4 aromatic carbocycles. The molecule has 8 nitrogen and oxygen atoms in total. The molecular weight excluding hydrogens is 936 g/mol. The third-order valence-corrected chi connectivity index (χ3v) is 12.0. The van der Waals surface area contributed by atoms with Crippen LogP contribution in [-0.2, 0) is 12.4 Å². The lowest BCUT2D eigenvalue weighted by Gasteiger charge is -2.20. The lowest BCUT2D eigenvalue weighted by atomic mass is 9.81. The van der Waals surface area contributed by atoms with Gasteiger partial charge in [0.1, 0.15) is 24.3 Å². The quantitative estimate of drug-likeness (QED) is 0.0676. The largest absolute Gasteiger partial charge is 0.488 e. The predicted molar refractivity (Wildman–Crippen MR) is 236 cm³/mol. The second kappa shape index (κ2) is 19.5. The van der Waals surface area contributed by atoms with Crippen molar-refractivity contribution in [2.24, 2.45) is 0 Å². The lowest BCUT2D eigenvalue weighted by Crippen LogP contribution is -2.29. The van der Waals surface area contributed by atoms with E-state index in [1.807, 2.05) is 48.5 Å². The number of thiophene rings is 2. The highest BCUT2D eigenvalue weighted by molar-refractivity contribution is 14.1. The Morgan fingerprint density at radius 3 is 1.48 bits per heavy atom. The third-order valence-electron chi connectivity index (χ3n) is 8.92. The number of anilines is 2. The molecule has 4 aromatic heterocycles. The van der Waals surface area contributed by atoms with Gasteiger partial charge in [-0.3, -0.25) is 0 Å². The van der Waals surface area contributed by atoms with Crippen molar-refractivity contribution in [2.45, 2.75) is 38.3 Å². The number of rotatable bonds is 8. The summed E-state index contributed by atoms with van der Waals surface area (Å²) in [4.78, 5) is 18.0. The maximum atomic E-state index is 13.3. The lowest BCUT2D eigenvalue weighted by molar-refractivity contribution is -0.139. The first-order valence-corrected chi connectivity index (χ1v) is 20.8.